The second-order valence-electron chi connectivity index (χ2n) is 6.30. The van der Waals surface area contributed by atoms with Gasteiger partial charge in [-0.3, -0.25) is 19.9 Å². The number of imide groups is 1. The Morgan fingerprint density at radius 1 is 1.12 bits per heavy atom. The first-order valence-corrected chi connectivity index (χ1v) is 7.86. The highest BCUT2D eigenvalue weighted by molar-refractivity contribution is 6.14. The molecule has 4 rings (SSSR count). The molecule has 2 aliphatic rings. The maximum atomic E-state index is 13.2. The fraction of sp³-hybridized carbons (Fsp3) is 0.278. The number of amides is 2. The van der Waals surface area contributed by atoms with Crippen molar-refractivity contribution in [3.05, 3.63) is 64.5 Å². The summed E-state index contributed by atoms with van der Waals surface area (Å²) in [6.07, 6.45) is -1.38. The molecular weight excluding hydrogens is 333 g/mol. The van der Waals surface area contributed by atoms with Gasteiger partial charge >= 0.3 is 6.18 Å². The number of hydrogen-bond acceptors (Lipinski definition) is 3. The monoisotopic (exact) mass is 346 g/mol. The summed E-state index contributed by atoms with van der Waals surface area (Å²) in [7, 11) is 0. The quantitative estimate of drug-likeness (QED) is 0.746. The average Bonchev–Trinajstić information content (AvgIpc) is 2.59. The summed E-state index contributed by atoms with van der Waals surface area (Å²) >= 11 is 0. The molecule has 0 saturated heterocycles. The first-order valence-electron chi connectivity index (χ1n) is 7.86. The van der Waals surface area contributed by atoms with Crippen molar-refractivity contribution in [2.45, 2.75) is 30.9 Å². The summed E-state index contributed by atoms with van der Waals surface area (Å²) in [4.78, 5) is 29.3. The first-order chi connectivity index (χ1) is 11.8. The molecule has 128 valence electrons. The number of aryl methyl sites for hydroxylation is 1. The van der Waals surface area contributed by atoms with Crippen LogP contribution in [0.4, 0.5) is 13.2 Å². The van der Waals surface area contributed by atoms with Crippen molar-refractivity contribution < 1.29 is 22.8 Å². The van der Waals surface area contributed by atoms with Crippen molar-refractivity contribution in [1.29, 1.82) is 0 Å². The van der Waals surface area contributed by atoms with Gasteiger partial charge in [-0.15, -0.1) is 0 Å². The number of carbonyl (C=O) groups excluding carboxylic acids is 2. The highest BCUT2D eigenvalue weighted by atomic mass is 19.4. The van der Waals surface area contributed by atoms with E-state index in [0.717, 1.165) is 18.2 Å². The second kappa shape index (κ2) is 5.15. The normalized spacial score (nSPS) is 22.4. The lowest BCUT2D eigenvalue weighted by Crippen LogP contribution is -2.54. The SMILES string of the molecule is O=C1NC(=O)C2(CCCc3ncccc32)c2cc(C(F)(F)F)ccc21. The number of aromatic nitrogens is 1. The molecule has 4 nitrogen and oxygen atoms in total. The number of hydrogen-bond donors (Lipinski definition) is 1. The largest absolute Gasteiger partial charge is 0.416 e. The minimum absolute atomic E-state index is 0.101. The lowest BCUT2D eigenvalue weighted by atomic mass is 9.63. The van der Waals surface area contributed by atoms with Crippen LogP contribution in [0.1, 0.15) is 45.6 Å². The zero-order valence-corrected chi connectivity index (χ0v) is 13.0. The van der Waals surface area contributed by atoms with Crippen LogP contribution in [0.5, 0.6) is 0 Å². The fourth-order valence-corrected chi connectivity index (χ4v) is 3.87. The van der Waals surface area contributed by atoms with Crippen LogP contribution in [-0.2, 0) is 22.8 Å². The third kappa shape index (κ3) is 2.18. The predicted molar refractivity (Wildman–Crippen MR) is 81.9 cm³/mol. The molecule has 1 aromatic heterocycles. The Balaban J connectivity index is 2.05. The van der Waals surface area contributed by atoms with E-state index >= 15 is 0 Å². The van der Waals surface area contributed by atoms with Crippen LogP contribution >= 0.6 is 0 Å². The third-order valence-electron chi connectivity index (χ3n) is 4.98. The van der Waals surface area contributed by atoms with Gasteiger partial charge in [0.2, 0.25) is 5.91 Å². The van der Waals surface area contributed by atoms with E-state index in [2.05, 4.69) is 10.3 Å². The predicted octanol–water partition coefficient (Wildman–Crippen LogP) is 2.99. The number of fused-ring (bicyclic) bond motifs is 4. The second-order valence-corrected chi connectivity index (χ2v) is 6.30. The number of nitrogens with one attached hydrogen (secondary N) is 1. The van der Waals surface area contributed by atoms with Crippen molar-refractivity contribution >= 4 is 11.8 Å². The van der Waals surface area contributed by atoms with E-state index in [1.54, 1.807) is 18.3 Å². The standard InChI is InChI=1S/C18H13F3N2O2/c19-18(20,21)10-5-6-11-13(9-10)17(16(25)23-15(11)24)7-1-4-14-12(17)3-2-8-22-14/h2-3,5-6,8-9H,1,4,7H2,(H,23,24,25). The molecule has 2 heterocycles. The zero-order chi connectivity index (χ0) is 17.8. The number of pyridine rings is 1. The summed E-state index contributed by atoms with van der Waals surface area (Å²) in [5, 5.41) is 2.31. The molecule has 25 heavy (non-hydrogen) atoms. The van der Waals surface area contributed by atoms with Crippen LogP contribution in [0.25, 0.3) is 0 Å². The van der Waals surface area contributed by atoms with E-state index in [9.17, 15) is 22.8 Å². The van der Waals surface area contributed by atoms with E-state index in [0.29, 0.717) is 30.5 Å². The van der Waals surface area contributed by atoms with Crippen molar-refractivity contribution in [2.75, 3.05) is 0 Å². The molecule has 1 unspecified atom stereocenters. The van der Waals surface area contributed by atoms with Crippen LogP contribution in [0.2, 0.25) is 0 Å². The van der Waals surface area contributed by atoms with E-state index in [-0.39, 0.29) is 11.1 Å². The third-order valence-corrected chi connectivity index (χ3v) is 4.98. The van der Waals surface area contributed by atoms with Crippen molar-refractivity contribution in [3.8, 4) is 0 Å². The summed E-state index contributed by atoms with van der Waals surface area (Å²) in [6.45, 7) is 0. The number of nitrogens with zero attached hydrogens (tertiary/aromatic N) is 1. The molecule has 0 fully saturated rings. The van der Waals surface area contributed by atoms with Crippen LogP contribution in [0.3, 0.4) is 0 Å². The minimum atomic E-state index is -4.56. The zero-order valence-electron chi connectivity index (χ0n) is 13.0. The number of alkyl halides is 3. The number of carbonyl (C=O) groups is 2. The topological polar surface area (TPSA) is 59.1 Å². The van der Waals surface area contributed by atoms with Gasteiger partial charge in [-0.25, -0.2) is 0 Å². The van der Waals surface area contributed by atoms with Gasteiger partial charge in [0, 0.05) is 17.5 Å². The Morgan fingerprint density at radius 3 is 2.68 bits per heavy atom. The van der Waals surface area contributed by atoms with Gasteiger partial charge in [-0.1, -0.05) is 6.07 Å². The average molecular weight is 346 g/mol. The van der Waals surface area contributed by atoms with Gasteiger partial charge in [0.05, 0.1) is 5.56 Å². The molecule has 2 amide bonds. The smallest absolute Gasteiger partial charge is 0.291 e. The first kappa shape index (κ1) is 15.8. The highest BCUT2D eigenvalue weighted by Crippen LogP contribution is 2.46. The minimum Gasteiger partial charge on any atom is -0.291 e. The van der Waals surface area contributed by atoms with Crippen LogP contribution < -0.4 is 5.32 Å². The molecule has 7 heteroatoms. The maximum Gasteiger partial charge on any atom is 0.416 e. The Bertz CT molecular complexity index is 907. The molecule has 1 spiro atoms. The van der Waals surface area contributed by atoms with E-state index < -0.39 is 29.0 Å². The fourth-order valence-electron chi connectivity index (χ4n) is 3.87. The van der Waals surface area contributed by atoms with Gasteiger partial charge in [-0.2, -0.15) is 13.2 Å². The summed E-state index contributed by atoms with van der Waals surface area (Å²) < 4.78 is 39.6. The van der Waals surface area contributed by atoms with E-state index in [1.165, 1.54) is 0 Å². The summed E-state index contributed by atoms with van der Waals surface area (Å²) in [5.41, 5.74) is -0.710. The molecule has 2 aromatic rings. The molecular formula is C18H13F3N2O2. The van der Waals surface area contributed by atoms with E-state index in [4.69, 9.17) is 0 Å². The molecule has 1 aliphatic heterocycles. The maximum absolute atomic E-state index is 13.2. The Kier molecular flexibility index (Phi) is 3.25. The van der Waals surface area contributed by atoms with Crippen molar-refractivity contribution in [1.82, 2.24) is 10.3 Å². The molecule has 0 saturated carbocycles. The van der Waals surface area contributed by atoms with Gasteiger partial charge < -0.3 is 0 Å². The van der Waals surface area contributed by atoms with Crippen LogP contribution in [0.15, 0.2) is 36.5 Å². The van der Waals surface area contributed by atoms with Gasteiger partial charge in [0.25, 0.3) is 5.91 Å². The molecule has 1 aromatic carbocycles. The molecule has 1 N–H and O–H groups in total. The van der Waals surface area contributed by atoms with Crippen molar-refractivity contribution in [3.63, 3.8) is 0 Å². The van der Waals surface area contributed by atoms with Gasteiger partial charge in [0.1, 0.15) is 5.41 Å². The lowest BCUT2D eigenvalue weighted by Gasteiger charge is -2.41. The summed E-state index contributed by atoms with van der Waals surface area (Å²) in [5.74, 6) is -1.26. The highest BCUT2D eigenvalue weighted by Gasteiger charge is 2.51. The van der Waals surface area contributed by atoms with Crippen molar-refractivity contribution in [2.24, 2.45) is 0 Å². The Morgan fingerprint density at radius 2 is 1.92 bits per heavy atom. The lowest BCUT2D eigenvalue weighted by molar-refractivity contribution is -0.138. The molecule has 0 bridgehead atoms. The molecule has 0 radical (unpaired) electrons. The van der Waals surface area contributed by atoms with Crippen LogP contribution in [-0.4, -0.2) is 16.8 Å². The van der Waals surface area contributed by atoms with E-state index in [1.807, 2.05) is 0 Å². The molecule has 1 aliphatic carbocycles. The Labute approximate surface area is 141 Å². The summed E-state index contributed by atoms with van der Waals surface area (Å²) in [6, 6.07) is 6.32. The molecule has 1 atom stereocenters. The number of halogens is 3. The number of rotatable bonds is 0. The van der Waals surface area contributed by atoms with Gasteiger partial charge in [0.15, 0.2) is 0 Å². The van der Waals surface area contributed by atoms with Crippen LogP contribution in [0, 0.1) is 0 Å². The Hall–Kier alpha value is -2.70. The van der Waals surface area contributed by atoms with Gasteiger partial charge in [-0.05, 0) is 54.7 Å². The number of benzene rings is 1.